The highest BCUT2D eigenvalue weighted by Crippen LogP contribution is 2.30. The Morgan fingerprint density at radius 3 is 2.25 bits per heavy atom. The summed E-state index contributed by atoms with van der Waals surface area (Å²) in [6, 6.07) is 4.98. The van der Waals surface area contributed by atoms with Gasteiger partial charge in [-0.15, -0.1) is 0 Å². The highest BCUT2D eigenvalue weighted by atomic mass is 19.4. The number of alkyl halides is 6. The van der Waals surface area contributed by atoms with Crippen LogP contribution in [-0.4, -0.2) is 34.4 Å². The van der Waals surface area contributed by atoms with Gasteiger partial charge >= 0.3 is 18.2 Å². The number of carbonyl (C=O) groups excluding carboxylic acids is 1. The van der Waals surface area contributed by atoms with Crippen molar-refractivity contribution >= 4 is 5.91 Å². The minimum absolute atomic E-state index is 0.225. The zero-order valence-electron chi connectivity index (χ0n) is 14.6. The largest absolute Gasteiger partial charge is 0.471 e. The number of rotatable bonds is 6. The molecule has 0 bridgehead atoms. The van der Waals surface area contributed by atoms with Crippen LogP contribution in [0.4, 0.5) is 26.3 Å². The Kier molecular flexibility index (Phi) is 6.32. The Labute approximate surface area is 155 Å². The van der Waals surface area contributed by atoms with Crippen molar-refractivity contribution in [2.75, 3.05) is 7.11 Å². The van der Waals surface area contributed by atoms with Crippen LogP contribution in [0.2, 0.25) is 0 Å². The monoisotopic (exact) mass is 411 g/mol. The van der Waals surface area contributed by atoms with Gasteiger partial charge in [-0.2, -0.15) is 31.3 Å². The van der Waals surface area contributed by atoms with Crippen LogP contribution in [0.3, 0.4) is 0 Å². The molecule has 1 aromatic heterocycles. The van der Waals surface area contributed by atoms with Gasteiger partial charge in [0, 0.05) is 12.0 Å². The third kappa shape index (κ3) is 5.44. The van der Waals surface area contributed by atoms with Crippen molar-refractivity contribution in [1.82, 2.24) is 15.2 Å². The summed E-state index contributed by atoms with van der Waals surface area (Å²) < 4.78 is 78.5. The lowest BCUT2D eigenvalue weighted by atomic mass is 10.1. The molecule has 2 rings (SSSR count). The molecule has 0 aliphatic carbocycles. The van der Waals surface area contributed by atoms with Gasteiger partial charge in [-0.05, 0) is 12.5 Å². The molecule has 0 N–H and O–H groups in total. The lowest BCUT2D eigenvalue weighted by molar-refractivity contribution is -0.192. The summed E-state index contributed by atoms with van der Waals surface area (Å²) in [7, 11) is 1.15. The normalized spacial score (nSPS) is 13.4. The SMILES string of the molecule is CON(C(=O)CCC(F)(F)F)C(C)c1ccc(-c2noc(C(F)(F)F)n2)cc1. The Morgan fingerprint density at radius 1 is 1.18 bits per heavy atom. The van der Waals surface area contributed by atoms with E-state index in [1.807, 2.05) is 0 Å². The summed E-state index contributed by atoms with van der Waals surface area (Å²) in [5.74, 6) is -2.62. The predicted molar refractivity (Wildman–Crippen MR) is 82.3 cm³/mol. The maximum absolute atomic E-state index is 12.5. The van der Waals surface area contributed by atoms with Gasteiger partial charge < -0.3 is 4.52 Å². The van der Waals surface area contributed by atoms with Gasteiger partial charge in [0.15, 0.2) is 0 Å². The van der Waals surface area contributed by atoms with Crippen LogP contribution in [0.1, 0.15) is 37.3 Å². The van der Waals surface area contributed by atoms with E-state index in [2.05, 4.69) is 14.7 Å². The molecule has 0 saturated carbocycles. The fourth-order valence-electron chi connectivity index (χ4n) is 2.34. The van der Waals surface area contributed by atoms with Crippen LogP contribution in [0.5, 0.6) is 0 Å². The van der Waals surface area contributed by atoms with Crippen LogP contribution in [0, 0.1) is 0 Å². The van der Waals surface area contributed by atoms with Crippen molar-refractivity contribution in [1.29, 1.82) is 0 Å². The molecule has 2 aromatic rings. The molecule has 0 radical (unpaired) electrons. The second kappa shape index (κ2) is 8.17. The second-order valence-corrected chi connectivity index (χ2v) is 5.74. The molecule has 1 aromatic carbocycles. The number of carbonyl (C=O) groups is 1. The quantitative estimate of drug-likeness (QED) is 0.515. The van der Waals surface area contributed by atoms with E-state index in [4.69, 9.17) is 4.84 Å². The summed E-state index contributed by atoms with van der Waals surface area (Å²) in [4.78, 5) is 20.1. The fraction of sp³-hybridized carbons (Fsp3) is 0.438. The molecule has 1 atom stereocenters. The lowest BCUT2D eigenvalue weighted by Crippen LogP contribution is -2.33. The Balaban J connectivity index is 2.12. The van der Waals surface area contributed by atoms with Crippen LogP contribution in [-0.2, 0) is 15.8 Å². The van der Waals surface area contributed by atoms with E-state index in [1.54, 1.807) is 0 Å². The summed E-state index contributed by atoms with van der Waals surface area (Å²) >= 11 is 0. The average Bonchev–Trinajstić information content (AvgIpc) is 3.10. The van der Waals surface area contributed by atoms with E-state index in [1.165, 1.54) is 31.2 Å². The number of hydroxylamine groups is 2. The van der Waals surface area contributed by atoms with Gasteiger partial charge in [0.2, 0.25) is 11.7 Å². The first-order chi connectivity index (χ1) is 12.9. The first-order valence-electron chi connectivity index (χ1n) is 7.86. The molecule has 6 nitrogen and oxygen atoms in total. The first-order valence-corrected chi connectivity index (χ1v) is 7.86. The highest BCUT2D eigenvalue weighted by Gasteiger charge is 2.38. The molecule has 0 aliphatic heterocycles. The van der Waals surface area contributed by atoms with Crippen molar-refractivity contribution < 1.29 is 40.5 Å². The van der Waals surface area contributed by atoms with E-state index in [-0.39, 0.29) is 11.4 Å². The Bertz CT molecular complexity index is 801. The summed E-state index contributed by atoms with van der Waals surface area (Å²) in [5, 5.41) is 4.05. The molecule has 0 aliphatic rings. The third-order valence-electron chi connectivity index (χ3n) is 3.74. The summed E-state index contributed by atoms with van der Waals surface area (Å²) in [5.41, 5.74) is 0.702. The van der Waals surface area contributed by atoms with Crippen LogP contribution in [0.15, 0.2) is 28.8 Å². The summed E-state index contributed by atoms with van der Waals surface area (Å²) in [6.07, 6.45) is -11.3. The molecule has 28 heavy (non-hydrogen) atoms. The molecule has 1 unspecified atom stereocenters. The minimum Gasteiger partial charge on any atom is -0.329 e. The molecular weight excluding hydrogens is 396 g/mol. The minimum atomic E-state index is -4.77. The van der Waals surface area contributed by atoms with Crippen molar-refractivity contribution in [3.05, 3.63) is 35.7 Å². The topological polar surface area (TPSA) is 68.5 Å². The average molecular weight is 411 g/mol. The number of halogens is 6. The van der Waals surface area contributed by atoms with Crippen LogP contribution in [0.25, 0.3) is 11.4 Å². The molecule has 0 spiro atoms. The number of amides is 1. The standard InChI is InChI=1S/C16H15F6N3O3/c1-9(25(27-2)12(26)7-8-15(17,18)19)10-3-5-11(6-4-10)13-23-14(28-24-13)16(20,21)22/h3-6,9H,7-8H2,1-2H3. The smallest absolute Gasteiger partial charge is 0.329 e. The van der Waals surface area contributed by atoms with Gasteiger partial charge in [-0.25, -0.2) is 5.06 Å². The van der Waals surface area contributed by atoms with Gasteiger partial charge in [0.05, 0.1) is 19.6 Å². The molecule has 1 amide bonds. The molecule has 12 heteroatoms. The van der Waals surface area contributed by atoms with E-state index in [0.29, 0.717) is 5.56 Å². The fourth-order valence-corrected chi connectivity index (χ4v) is 2.34. The van der Waals surface area contributed by atoms with Gasteiger partial charge in [0.25, 0.3) is 0 Å². The van der Waals surface area contributed by atoms with E-state index in [0.717, 1.165) is 12.2 Å². The second-order valence-electron chi connectivity index (χ2n) is 5.74. The van der Waals surface area contributed by atoms with E-state index < -0.39 is 43.0 Å². The van der Waals surface area contributed by atoms with E-state index in [9.17, 15) is 31.1 Å². The maximum atomic E-state index is 12.5. The van der Waals surface area contributed by atoms with Crippen LogP contribution >= 0.6 is 0 Å². The first kappa shape index (κ1) is 21.7. The zero-order chi connectivity index (χ0) is 21.1. The van der Waals surface area contributed by atoms with Gasteiger partial charge in [-0.1, -0.05) is 29.4 Å². The number of nitrogens with zero attached hydrogens (tertiary/aromatic N) is 3. The Hall–Kier alpha value is -2.63. The number of aromatic nitrogens is 2. The van der Waals surface area contributed by atoms with Crippen molar-refractivity contribution in [3.8, 4) is 11.4 Å². The van der Waals surface area contributed by atoms with Crippen molar-refractivity contribution in [2.24, 2.45) is 0 Å². The Morgan fingerprint density at radius 2 is 1.79 bits per heavy atom. The molecule has 0 saturated heterocycles. The van der Waals surface area contributed by atoms with Crippen molar-refractivity contribution in [2.45, 2.75) is 38.2 Å². The number of benzene rings is 1. The lowest BCUT2D eigenvalue weighted by Gasteiger charge is -2.27. The molecule has 154 valence electrons. The highest BCUT2D eigenvalue weighted by molar-refractivity contribution is 5.75. The van der Waals surface area contributed by atoms with E-state index >= 15 is 0 Å². The summed E-state index contributed by atoms with van der Waals surface area (Å²) in [6.45, 7) is 1.53. The predicted octanol–water partition coefficient (Wildman–Crippen LogP) is 4.55. The maximum Gasteiger partial charge on any atom is 0.471 e. The van der Waals surface area contributed by atoms with Gasteiger partial charge in [-0.3, -0.25) is 9.63 Å². The number of hydrogen-bond donors (Lipinski definition) is 0. The number of hydrogen-bond acceptors (Lipinski definition) is 5. The third-order valence-corrected chi connectivity index (χ3v) is 3.74. The van der Waals surface area contributed by atoms with Gasteiger partial charge in [0.1, 0.15) is 0 Å². The van der Waals surface area contributed by atoms with Crippen molar-refractivity contribution in [3.63, 3.8) is 0 Å². The molecule has 0 fully saturated rings. The zero-order valence-corrected chi connectivity index (χ0v) is 14.6. The molecule has 1 heterocycles. The molecular formula is C16H15F6N3O3. The van der Waals surface area contributed by atoms with Crippen LogP contribution < -0.4 is 0 Å².